The number of carbonyl (C=O) groups is 2. The first-order valence-corrected chi connectivity index (χ1v) is 17.4. The summed E-state index contributed by atoms with van der Waals surface area (Å²) in [5, 5.41) is 25.7. The van der Waals surface area contributed by atoms with E-state index in [1.807, 2.05) is 12.1 Å². The summed E-state index contributed by atoms with van der Waals surface area (Å²) in [5.41, 5.74) is 3.68. The van der Waals surface area contributed by atoms with Crippen LogP contribution in [0.4, 0.5) is 15.8 Å². The van der Waals surface area contributed by atoms with Gasteiger partial charge in [0.1, 0.15) is 5.75 Å². The number of rotatable bonds is 16. The van der Waals surface area contributed by atoms with Crippen molar-refractivity contribution in [3.63, 3.8) is 0 Å². The molecule has 1 fully saturated rings. The molecule has 248 valence electrons. The summed E-state index contributed by atoms with van der Waals surface area (Å²) in [4.78, 5) is 25.4. The van der Waals surface area contributed by atoms with Gasteiger partial charge < -0.3 is 30.5 Å². The first-order chi connectivity index (χ1) is 22.2. The van der Waals surface area contributed by atoms with Gasteiger partial charge in [0.2, 0.25) is 12.5 Å². The second kappa shape index (κ2) is 17.1. The molecule has 3 atom stereocenters. The zero-order valence-corrected chi connectivity index (χ0v) is 27.2. The highest BCUT2D eigenvalue weighted by molar-refractivity contribution is 7.84. The van der Waals surface area contributed by atoms with Gasteiger partial charge >= 0.3 is 5.97 Å². The van der Waals surface area contributed by atoms with Crippen molar-refractivity contribution in [1.82, 2.24) is 5.32 Å². The molecule has 0 bridgehead atoms. The molecule has 3 aromatic carbocycles. The Labute approximate surface area is 272 Å². The van der Waals surface area contributed by atoms with Crippen LogP contribution >= 0.6 is 0 Å². The topological polar surface area (TPSA) is 128 Å². The van der Waals surface area contributed by atoms with Gasteiger partial charge in [0.25, 0.3) is 5.91 Å². The van der Waals surface area contributed by atoms with Crippen molar-refractivity contribution < 1.29 is 33.1 Å². The average Bonchev–Trinajstić information content (AvgIpc) is 3.07. The van der Waals surface area contributed by atoms with E-state index in [-0.39, 0.29) is 12.1 Å². The Morgan fingerprint density at radius 2 is 1.74 bits per heavy atom. The van der Waals surface area contributed by atoms with Gasteiger partial charge in [-0.2, -0.15) is 0 Å². The van der Waals surface area contributed by atoms with Gasteiger partial charge in [0.05, 0.1) is 28.8 Å². The fourth-order valence-corrected chi connectivity index (χ4v) is 6.22. The van der Waals surface area contributed by atoms with E-state index in [1.54, 1.807) is 53.6 Å². The molecule has 3 aromatic rings. The third kappa shape index (κ3) is 9.77. The molecule has 1 aliphatic rings. The molecule has 1 aliphatic carbocycles. The molecule has 3 unspecified atom stereocenters. The standard InChI is InChI=1S/C35H44FN3O6S/c1-3-4-20-45-31-19-16-28(21-32(31)46(2)44)38-35(43)39(29-17-14-26(15-18-29)25-8-6-5-7-9-25)23-24-10-12-27(13-11-24)33(40)37-22-30(36)34(41)42/h10-19,21,25,30,35,38,43H,3-9,20,22-23H2,1-2H3,(H,37,40)(H,41,42). The van der Waals surface area contributed by atoms with Crippen molar-refractivity contribution >= 4 is 34.1 Å². The van der Waals surface area contributed by atoms with Crippen LogP contribution in [0.15, 0.2) is 71.6 Å². The van der Waals surface area contributed by atoms with Crippen molar-refractivity contribution in [1.29, 1.82) is 0 Å². The summed E-state index contributed by atoms with van der Waals surface area (Å²) in [5.74, 6) is -1.13. The van der Waals surface area contributed by atoms with Gasteiger partial charge in [0.15, 0.2) is 0 Å². The number of carboxylic acids is 1. The number of nitrogens with one attached hydrogen (secondary N) is 2. The van der Waals surface area contributed by atoms with Gasteiger partial charge in [-0.15, -0.1) is 0 Å². The Bertz CT molecular complexity index is 1460. The number of ether oxygens (including phenoxy) is 1. The number of benzene rings is 3. The summed E-state index contributed by atoms with van der Waals surface area (Å²) in [6, 6.07) is 20.1. The molecular weight excluding hydrogens is 609 g/mol. The zero-order valence-electron chi connectivity index (χ0n) is 26.4. The number of halogens is 1. The Balaban J connectivity index is 1.54. The first kappa shape index (κ1) is 34.9. The number of aliphatic hydroxyl groups excluding tert-OH is 1. The lowest BCUT2D eigenvalue weighted by molar-refractivity contribution is -0.142. The van der Waals surface area contributed by atoms with E-state index in [9.17, 15) is 23.3 Å². The number of alkyl halides is 1. The van der Waals surface area contributed by atoms with Crippen molar-refractivity contribution in [2.24, 2.45) is 0 Å². The van der Waals surface area contributed by atoms with Crippen molar-refractivity contribution in [3.8, 4) is 5.75 Å². The van der Waals surface area contributed by atoms with Crippen LogP contribution in [0.5, 0.6) is 5.75 Å². The van der Waals surface area contributed by atoms with Crippen LogP contribution in [0.25, 0.3) is 0 Å². The zero-order chi connectivity index (χ0) is 33.1. The summed E-state index contributed by atoms with van der Waals surface area (Å²) in [6.07, 6.45) is 6.19. The Morgan fingerprint density at radius 3 is 2.37 bits per heavy atom. The number of carboxylic acid groups (broad SMARTS) is 1. The molecule has 0 aromatic heterocycles. The monoisotopic (exact) mass is 653 g/mol. The SMILES string of the molecule is CCCCOc1ccc(NC(O)N(Cc2ccc(C(=O)NCC(F)C(=O)O)cc2)c2ccc(C3CCCCC3)cc2)cc1S(C)=O. The fraction of sp³-hybridized carbons (Fsp3) is 0.429. The summed E-state index contributed by atoms with van der Waals surface area (Å²) >= 11 is 0. The van der Waals surface area contributed by atoms with Gasteiger partial charge in [-0.25, -0.2) is 9.18 Å². The number of aliphatic hydroxyl groups is 1. The summed E-state index contributed by atoms with van der Waals surface area (Å²) < 4.78 is 31.8. The molecule has 0 radical (unpaired) electrons. The number of amides is 1. The number of unbranched alkanes of at least 4 members (excludes halogenated alkanes) is 1. The molecule has 1 saturated carbocycles. The van der Waals surface area contributed by atoms with Gasteiger partial charge in [-0.05, 0) is 78.8 Å². The van der Waals surface area contributed by atoms with Crippen LogP contribution in [0.1, 0.15) is 79.3 Å². The lowest BCUT2D eigenvalue weighted by atomic mass is 9.84. The maximum Gasteiger partial charge on any atom is 0.340 e. The minimum atomic E-state index is -2.19. The van der Waals surface area contributed by atoms with Crippen LogP contribution in [-0.2, 0) is 22.1 Å². The number of nitrogens with zero attached hydrogens (tertiary/aromatic N) is 1. The number of hydrogen-bond donors (Lipinski definition) is 4. The molecule has 1 amide bonds. The van der Waals surface area contributed by atoms with Crippen LogP contribution in [-0.4, -0.2) is 58.2 Å². The highest BCUT2D eigenvalue weighted by Crippen LogP contribution is 2.34. The Hall–Kier alpha value is -3.96. The number of hydrogen-bond acceptors (Lipinski definition) is 7. The number of carbonyl (C=O) groups excluding carboxylic acids is 1. The van der Waals surface area contributed by atoms with Gasteiger partial charge in [0, 0.05) is 29.7 Å². The van der Waals surface area contributed by atoms with Crippen LogP contribution in [0.3, 0.4) is 0 Å². The third-order valence-corrected chi connectivity index (χ3v) is 9.12. The second-order valence-electron chi connectivity index (χ2n) is 11.6. The van der Waals surface area contributed by atoms with Gasteiger partial charge in [-0.1, -0.05) is 56.9 Å². The summed E-state index contributed by atoms with van der Waals surface area (Å²) in [6.45, 7) is 2.25. The van der Waals surface area contributed by atoms with Crippen molar-refractivity contribution in [2.45, 2.75) is 81.8 Å². The second-order valence-corrected chi connectivity index (χ2v) is 13.0. The van der Waals surface area contributed by atoms with E-state index in [4.69, 9.17) is 9.84 Å². The highest BCUT2D eigenvalue weighted by Gasteiger charge is 2.21. The van der Waals surface area contributed by atoms with Gasteiger partial charge in [-0.3, -0.25) is 9.00 Å². The third-order valence-electron chi connectivity index (χ3n) is 8.18. The Morgan fingerprint density at radius 1 is 1.04 bits per heavy atom. The van der Waals surface area contributed by atoms with E-state index >= 15 is 0 Å². The first-order valence-electron chi connectivity index (χ1n) is 15.8. The minimum Gasteiger partial charge on any atom is -0.492 e. The quantitative estimate of drug-likeness (QED) is 0.106. The Kier molecular flexibility index (Phi) is 13.0. The maximum atomic E-state index is 13.4. The number of anilines is 2. The average molecular weight is 654 g/mol. The van der Waals surface area contributed by atoms with E-state index in [0.717, 1.165) is 24.1 Å². The number of aliphatic carboxylic acids is 1. The summed E-state index contributed by atoms with van der Waals surface area (Å²) in [7, 11) is -1.31. The fourth-order valence-electron chi connectivity index (χ4n) is 5.52. The van der Waals surface area contributed by atoms with E-state index in [2.05, 4.69) is 29.7 Å². The molecule has 0 saturated heterocycles. The van der Waals surface area contributed by atoms with Crippen LogP contribution < -0.4 is 20.3 Å². The van der Waals surface area contributed by atoms with E-state index < -0.39 is 41.7 Å². The molecule has 46 heavy (non-hydrogen) atoms. The molecule has 0 spiro atoms. The molecule has 0 heterocycles. The van der Waals surface area contributed by atoms with Crippen LogP contribution in [0, 0.1) is 0 Å². The lowest BCUT2D eigenvalue weighted by Crippen LogP contribution is -2.40. The molecule has 11 heteroatoms. The van der Waals surface area contributed by atoms with E-state index in [1.165, 1.54) is 37.7 Å². The molecular formula is C35H44FN3O6S. The maximum absolute atomic E-state index is 13.4. The minimum absolute atomic E-state index is 0.254. The predicted molar refractivity (Wildman–Crippen MR) is 179 cm³/mol. The lowest BCUT2D eigenvalue weighted by Gasteiger charge is -2.32. The molecule has 9 nitrogen and oxygen atoms in total. The molecule has 0 aliphatic heterocycles. The smallest absolute Gasteiger partial charge is 0.340 e. The predicted octanol–water partition coefficient (Wildman–Crippen LogP) is 6.20. The molecule has 4 N–H and O–H groups in total. The van der Waals surface area contributed by atoms with Crippen LogP contribution in [0.2, 0.25) is 0 Å². The van der Waals surface area contributed by atoms with Crippen molar-refractivity contribution in [2.75, 3.05) is 29.6 Å². The highest BCUT2D eigenvalue weighted by atomic mass is 32.2. The molecule has 4 rings (SSSR count). The largest absolute Gasteiger partial charge is 0.492 e. The normalized spacial score (nSPS) is 15.4. The van der Waals surface area contributed by atoms with E-state index in [0.29, 0.717) is 28.9 Å². The van der Waals surface area contributed by atoms with Crippen molar-refractivity contribution in [3.05, 3.63) is 83.4 Å².